The van der Waals surface area contributed by atoms with Crippen molar-refractivity contribution in [1.29, 1.82) is 0 Å². The second-order valence-electron chi connectivity index (χ2n) is 10.7. The number of carbonyl (C=O) groups is 4. The van der Waals surface area contributed by atoms with Crippen LogP contribution < -0.4 is 10.6 Å². The number of nitrogens with zero attached hydrogens (tertiary/aromatic N) is 1. The average Bonchev–Trinajstić information content (AvgIpc) is 3.34. The first-order valence-electron chi connectivity index (χ1n) is 13.1. The molecule has 5 rings (SSSR count). The van der Waals surface area contributed by atoms with Crippen LogP contribution >= 0.6 is 11.8 Å². The van der Waals surface area contributed by atoms with Gasteiger partial charge in [0.05, 0.1) is 0 Å². The smallest absolute Gasteiger partial charge is 0.408 e. The molecule has 3 aliphatic heterocycles. The Morgan fingerprint density at radius 2 is 1.68 bits per heavy atom. The van der Waals surface area contributed by atoms with Gasteiger partial charge in [0.2, 0.25) is 5.91 Å². The molecular formula is C30H31N3O6S. The molecule has 2 N–H and O–H groups in total. The van der Waals surface area contributed by atoms with Crippen LogP contribution in [-0.4, -0.2) is 58.1 Å². The lowest BCUT2D eigenvalue weighted by atomic mass is 10.00. The van der Waals surface area contributed by atoms with Gasteiger partial charge >= 0.3 is 12.1 Å². The number of esters is 1. The number of thioether (sulfide) groups is 1. The topological polar surface area (TPSA) is 114 Å². The van der Waals surface area contributed by atoms with Crippen molar-refractivity contribution in [3.8, 4) is 0 Å². The Kier molecular flexibility index (Phi) is 7.71. The van der Waals surface area contributed by atoms with Crippen LogP contribution in [0.4, 0.5) is 4.79 Å². The van der Waals surface area contributed by atoms with E-state index in [-0.39, 0.29) is 11.6 Å². The van der Waals surface area contributed by atoms with E-state index < -0.39 is 41.1 Å². The Balaban J connectivity index is 1.47. The van der Waals surface area contributed by atoms with Gasteiger partial charge in [-0.05, 0) is 50.0 Å². The first-order chi connectivity index (χ1) is 19.1. The molecule has 0 unspecified atom stereocenters. The van der Waals surface area contributed by atoms with Crippen LogP contribution in [0.5, 0.6) is 0 Å². The number of hydrogen-bond donors (Lipinski definition) is 2. The number of hydrogen-bond acceptors (Lipinski definition) is 7. The third-order valence-electron chi connectivity index (χ3n) is 6.61. The first kappa shape index (κ1) is 27.5. The van der Waals surface area contributed by atoms with E-state index in [0.717, 1.165) is 11.1 Å². The monoisotopic (exact) mass is 561 g/mol. The lowest BCUT2D eigenvalue weighted by Crippen LogP contribution is -2.70. The highest BCUT2D eigenvalue weighted by Crippen LogP contribution is 2.42. The second-order valence-corrected chi connectivity index (χ2v) is 11.8. The Bertz CT molecular complexity index is 1340. The molecule has 3 aliphatic rings. The largest absolute Gasteiger partial charge is 0.448 e. The van der Waals surface area contributed by atoms with E-state index in [1.54, 1.807) is 26.8 Å². The third-order valence-corrected chi connectivity index (χ3v) is 7.92. The van der Waals surface area contributed by atoms with Crippen LogP contribution in [0.3, 0.4) is 0 Å². The summed E-state index contributed by atoms with van der Waals surface area (Å²) in [5, 5.41) is 4.90. The number of rotatable bonds is 6. The summed E-state index contributed by atoms with van der Waals surface area (Å²) < 4.78 is 11.5. The molecule has 3 heterocycles. The number of ether oxygens (including phenoxy) is 2. The van der Waals surface area contributed by atoms with Gasteiger partial charge < -0.3 is 20.1 Å². The molecule has 2 fully saturated rings. The van der Waals surface area contributed by atoms with Crippen molar-refractivity contribution in [2.75, 3.05) is 12.3 Å². The van der Waals surface area contributed by atoms with E-state index in [0.29, 0.717) is 29.9 Å². The van der Waals surface area contributed by atoms with Gasteiger partial charge in [0.1, 0.15) is 22.7 Å². The number of alkyl carbamates (subject to hydrolysis) is 1. The van der Waals surface area contributed by atoms with Crippen LogP contribution in [-0.2, 0) is 23.9 Å². The quantitative estimate of drug-likeness (QED) is 0.313. The highest BCUT2D eigenvalue weighted by molar-refractivity contribution is 8.00. The Morgan fingerprint density at radius 1 is 1.05 bits per heavy atom. The van der Waals surface area contributed by atoms with Crippen LogP contribution in [0, 0.1) is 0 Å². The van der Waals surface area contributed by atoms with E-state index in [1.807, 2.05) is 60.7 Å². The second kappa shape index (κ2) is 11.2. The summed E-state index contributed by atoms with van der Waals surface area (Å²) in [7, 11) is 0. The molecule has 0 bridgehead atoms. The van der Waals surface area contributed by atoms with E-state index >= 15 is 0 Å². The summed E-state index contributed by atoms with van der Waals surface area (Å²) in [5.74, 6) is -0.975. The molecule has 40 heavy (non-hydrogen) atoms. The van der Waals surface area contributed by atoms with Crippen molar-refractivity contribution in [2.45, 2.75) is 50.3 Å². The minimum absolute atomic E-state index is 0.0834. The zero-order chi connectivity index (χ0) is 28.4. The molecule has 9 nitrogen and oxygen atoms in total. The minimum atomic E-state index is -0.856. The number of benzene rings is 2. The van der Waals surface area contributed by atoms with E-state index in [4.69, 9.17) is 9.47 Å². The van der Waals surface area contributed by atoms with Gasteiger partial charge in [-0.25, -0.2) is 9.59 Å². The third kappa shape index (κ3) is 5.77. The molecular weight excluding hydrogens is 530 g/mol. The molecule has 2 aromatic rings. The van der Waals surface area contributed by atoms with Crippen LogP contribution in [0.1, 0.15) is 44.4 Å². The molecule has 0 aliphatic carbocycles. The van der Waals surface area contributed by atoms with E-state index in [2.05, 4.69) is 10.6 Å². The molecule has 208 valence electrons. The number of nitrogens with one attached hydrogen (secondary N) is 2. The Hall–Kier alpha value is -4.05. The van der Waals surface area contributed by atoms with Crippen LogP contribution in [0.2, 0.25) is 0 Å². The standard InChI is InChI=1S/C30H31N3O6S/c1-30(2,3)39-29(37)32-22-26(35)33-23(21(17-40-27(22)33)16-20-14-15-31-25(20)34)28(36)38-24(18-10-6-4-7-11-18)19-12-8-5-9-13-19/h4-13,16,22,24,27H,14-15,17H2,1-3H3,(H,31,34)(H,32,37)/b20-16+/t22-,27-/m1/s1. The molecule has 10 heteroatoms. The zero-order valence-corrected chi connectivity index (χ0v) is 23.3. The molecule has 2 saturated heterocycles. The maximum absolute atomic E-state index is 13.9. The van der Waals surface area contributed by atoms with E-state index in [9.17, 15) is 19.2 Å². The van der Waals surface area contributed by atoms with Gasteiger partial charge in [-0.15, -0.1) is 11.8 Å². The van der Waals surface area contributed by atoms with Gasteiger partial charge in [0, 0.05) is 17.9 Å². The number of β-lactam (4-membered cyclic amide) rings is 1. The fourth-order valence-corrected chi connectivity index (χ4v) is 6.12. The molecule has 3 amide bonds. The maximum atomic E-state index is 13.9. The van der Waals surface area contributed by atoms with Crippen molar-refractivity contribution in [1.82, 2.24) is 15.5 Å². The number of fused-ring (bicyclic) bond motifs is 1. The fourth-order valence-electron chi connectivity index (χ4n) is 4.81. The van der Waals surface area contributed by atoms with Gasteiger partial charge in [0.25, 0.3) is 5.91 Å². The van der Waals surface area contributed by atoms with Crippen molar-refractivity contribution >= 4 is 35.6 Å². The van der Waals surface area contributed by atoms with Gasteiger partial charge in [-0.3, -0.25) is 14.5 Å². The first-order valence-corrected chi connectivity index (χ1v) is 14.1. The molecule has 0 aromatic heterocycles. The van der Waals surface area contributed by atoms with Crippen molar-refractivity contribution in [3.63, 3.8) is 0 Å². The molecule has 0 spiro atoms. The van der Waals surface area contributed by atoms with Gasteiger partial charge in [0.15, 0.2) is 6.10 Å². The van der Waals surface area contributed by atoms with Crippen molar-refractivity contribution in [3.05, 3.63) is 94.7 Å². The Morgan fingerprint density at radius 3 is 2.23 bits per heavy atom. The molecule has 0 radical (unpaired) electrons. The molecule has 2 atom stereocenters. The summed E-state index contributed by atoms with van der Waals surface area (Å²) in [6.07, 6.45) is 0.783. The molecule has 0 saturated carbocycles. The van der Waals surface area contributed by atoms with Crippen molar-refractivity contribution in [2.24, 2.45) is 0 Å². The Labute approximate surface area is 237 Å². The zero-order valence-electron chi connectivity index (χ0n) is 22.5. The molecule has 2 aromatic carbocycles. The SMILES string of the molecule is CC(C)(C)OC(=O)N[C@@H]1C(=O)N2C(C(=O)OC(c3ccccc3)c3ccccc3)=C(/C=C3\CCNC3=O)CS[C@H]12. The predicted octanol–water partition coefficient (Wildman–Crippen LogP) is 3.83. The van der Waals surface area contributed by atoms with Gasteiger partial charge in [-0.1, -0.05) is 60.7 Å². The highest BCUT2D eigenvalue weighted by atomic mass is 32.2. The van der Waals surface area contributed by atoms with Crippen molar-refractivity contribution < 1.29 is 28.7 Å². The lowest BCUT2D eigenvalue weighted by molar-refractivity contribution is -0.153. The lowest BCUT2D eigenvalue weighted by Gasteiger charge is -2.49. The van der Waals surface area contributed by atoms with Crippen LogP contribution in [0.15, 0.2) is 83.6 Å². The normalized spacial score (nSPS) is 21.6. The summed E-state index contributed by atoms with van der Waals surface area (Å²) >= 11 is 1.40. The summed E-state index contributed by atoms with van der Waals surface area (Å²) in [4.78, 5) is 53.4. The number of allylic oxidation sites excluding steroid dienone is 1. The summed E-state index contributed by atoms with van der Waals surface area (Å²) in [6, 6.07) is 17.9. The highest BCUT2D eigenvalue weighted by Gasteiger charge is 2.55. The average molecular weight is 562 g/mol. The van der Waals surface area contributed by atoms with Gasteiger partial charge in [-0.2, -0.15) is 0 Å². The maximum Gasteiger partial charge on any atom is 0.408 e. The summed E-state index contributed by atoms with van der Waals surface area (Å²) in [6.45, 7) is 5.73. The van der Waals surface area contributed by atoms with E-state index in [1.165, 1.54) is 16.7 Å². The fraction of sp³-hybridized carbons (Fsp3) is 0.333. The predicted molar refractivity (Wildman–Crippen MR) is 150 cm³/mol. The number of carbonyl (C=O) groups excluding carboxylic acids is 4. The van der Waals surface area contributed by atoms with Crippen LogP contribution in [0.25, 0.3) is 0 Å². The number of amides is 3. The minimum Gasteiger partial charge on any atom is -0.448 e. The summed E-state index contributed by atoms with van der Waals surface area (Å²) in [5.41, 5.74) is 1.98.